The molecule has 6 heteroatoms. The molecular formula is C17H21N5S. The largest absolute Gasteiger partial charge is 0.352 e. The van der Waals surface area contributed by atoms with Crippen LogP contribution in [0.5, 0.6) is 0 Å². The zero-order valence-electron chi connectivity index (χ0n) is 13.4. The lowest BCUT2D eigenvalue weighted by atomic mass is 10.3. The number of hydrogen-bond donors (Lipinski definition) is 2. The van der Waals surface area contributed by atoms with Crippen molar-refractivity contribution in [1.29, 1.82) is 0 Å². The van der Waals surface area contributed by atoms with Gasteiger partial charge in [-0.25, -0.2) is 4.98 Å². The van der Waals surface area contributed by atoms with Crippen LogP contribution < -0.4 is 10.6 Å². The van der Waals surface area contributed by atoms with E-state index < -0.39 is 0 Å². The summed E-state index contributed by atoms with van der Waals surface area (Å²) in [6, 6.07) is 10.3. The van der Waals surface area contributed by atoms with E-state index in [-0.39, 0.29) is 0 Å². The predicted molar refractivity (Wildman–Crippen MR) is 95.9 cm³/mol. The highest BCUT2D eigenvalue weighted by atomic mass is 32.1. The summed E-state index contributed by atoms with van der Waals surface area (Å²) in [5.41, 5.74) is 1.95. The van der Waals surface area contributed by atoms with E-state index in [0.29, 0.717) is 6.54 Å². The molecule has 5 nitrogen and oxygen atoms in total. The van der Waals surface area contributed by atoms with Gasteiger partial charge < -0.3 is 15.0 Å². The Morgan fingerprint density at radius 1 is 1.17 bits per heavy atom. The molecule has 0 spiro atoms. The molecule has 0 aliphatic carbocycles. The fraction of sp³-hybridized carbons (Fsp3) is 0.294. The summed E-state index contributed by atoms with van der Waals surface area (Å²) in [6.07, 6.45) is 5.12. The molecule has 0 amide bonds. The van der Waals surface area contributed by atoms with Crippen molar-refractivity contribution >= 4 is 22.9 Å². The second-order valence-electron chi connectivity index (χ2n) is 5.20. The van der Waals surface area contributed by atoms with Crippen LogP contribution in [0, 0.1) is 0 Å². The highest BCUT2D eigenvalue weighted by molar-refractivity contribution is 7.11. The van der Waals surface area contributed by atoms with Crippen molar-refractivity contribution < 1.29 is 0 Å². The Bertz CT molecular complexity index is 769. The van der Waals surface area contributed by atoms with Crippen LogP contribution in [-0.2, 0) is 19.5 Å². The minimum Gasteiger partial charge on any atom is -0.352 e. The molecule has 0 aliphatic rings. The summed E-state index contributed by atoms with van der Waals surface area (Å²) in [6.45, 7) is 3.61. The van der Waals surface area contributed by atoms with Gasteiger partial charge in [-0.1, -0.05) is 13.0 Å². The summed E-state index contributed by atoms with van der Waals surface area (Å²) < 4.78 is 2.02. The molecule has 0 aliphatic heterocycles. The first-order valence-corrected chi connectivity index (χ1v) is 8.55. The molecule has 120 valence electrons. The smallest absolute Gasteiger partial charge is 0.191 e. The van der Waals surface area contributed by atoms with E-state index in [1.165, 1.54) is 9.75 Å². The number of thiophene rings is 1. The fourth-order valence-corrected chi connectivity index (χ4v) is 3.24. The first kappa shape index (κ1) is 15.6. The molecule has 23 heavy (non-hydrogen) atoms. The van der Waals surface area contributed by atoms with E-state index in [2.05, 4.69) is 39.7 Å². The quantitative estimate of drug-likeness (QED) is 0.560. The fourth-order valence-electron chi connectivity index (χ4n) is 2.35. The molecule has 3 aromatic rings. The summed E-state index contributed by atoms with van der Waals surface area (Å²) in [4.78, 5) is 11.6. The molecular weight excluding hydrogens is 306 g/mol. The van der Waals surface area contributed by atoms with Gasteiger partial charge in [-0.3, -0.25) is 4.99 Å². The van der Waals surface area contributed by atoms with Crippen molar-refractivity contribution in [3.63, 3.8) is 0 Å². The maximum absolute atomic E-state index is 4.57. The number of pyridine rings is 1. The third-order valence-corrected chi connectivity index (χ3v) is 4.80. The third kappa shape index (κ3) is 3.90. The van der Waals surface area contributed by atoms with Gasteiger partial charge in [0, 0.05) is 29.2 Å². The van der Waals surface area contributed by atoms with E-state index in [9.17, 15) is 0 Å². The number of aromatic nitrogens is 2. The van der Waals surface area contributed by atoms with E-state index in [0.717, 1.165) is 30.3 Å². The van der Waals surface area contributed by atoms with Crippen LogP contribution in [0.4, 0.5) is 0 Å². The summed E-state index contributed by atoms with van der Waals surface area (Å²) in [5.74, 6) is 0.786. The Labute approximate surface area is 140 Å². The SMILES string of the molecule is CCc1ccc(CNC(=NC)NCc2cn3ccccc3n2)s1. The lowest BCUT2D eigenvalue weighted by Crippen LogP contribution is -2.36. The minimum absolute atomic E-state index is 0.645. The van der Waals surface area contributed by atoms with Gasteiger partial charge in [0.25, 0.3) is 0 Å². The van der Waals surface area contributed by atoms with E-state index in [1.54, 1.807) is 7.05 Å². The molecule has 0 unspecified atom stereocenters. The van der Waals surface area contributed by atoms with Crippen molar-refractivity contribution in [3.05, 3.63) is 58.2 Å². The number of imidazole rings is 1. The van der Waals surface area contributed by atoms with Gasteiger partial charge in [-0.15, -0.1) is 11.3 Å². The first-order valence-electron chi connectivity index (χ1n) is 7.73. The van der Waals surface area contributed by atoms with Crippen molar-refractivity contribution in [3.8, 4) is 0 Å². The Balaban J connectivity index is 1.55. The molecule has 0 atom stereocenters. The zero-order valence-corrected chi connectivity index (χ0v) is 14.2. The van der Waals surface area contributed by atoms with Crippen LogP contribution in [0.3, 0.4) is 0 Å². The number of rotatable bonds is 5. The van der Waals surface area contributed by atoms with Gasteiger partial charge in [-0.2, -0.15) is 0 Å². The number of nitrogens with zero attached hydrogens (tertiary/aromatic N) is 3. The van der Waals surface area contributed by atoms with Crippen LogP contribution in [0.1, 0.15) is 22.4 Å². The van der Waals surface area contributed by atoms with Crippen molar-refractivity contribution in [2.75, 3.05) is 7.05 Å². The number of aryl methyl sites for hydroxylation is 1. The van der Waals surface area contributed by atoms with Crippen LogP contribution in [0.2, 0.25) is 0 Å². The zero-order chi connectivity index (χ0) is 16.1. The molecule has 3 rings (SSSR count). The van der Waals surface area contributed by atoms with Crippen molar-refractivity contribution in [1.82, 2.24) is 20.0 Å². The number of hydrogen-bond acceptors (Lipinski definition) is 3. The molecule has 0 aromatic carbocycles. The maximum Gasteiger partial charge on any atom is 0.191 e. The van der Waals surface area contributed by atoms with Crippen LogP contribution in [-0.4, -0.2) is 22.4 Å². The van der Waals surface area contributed by atoms with Gasteiger partial charge in [0.1, 0.15) is 5.65 Å². The summed E-state index contributed by atoms with van der Waals surface area (Å²) >= 11 is 1.84. The van der Waals surface area contributed by atoms with Gasteiger partial charge in [0.05, 0.1) is 18.8 Å². The first-order chi connectivity index (χ1) is 11.3. The lowest BCUT2D eigenvalue weighted by Gasteiger charge is -2.09. The van der Waals surface area contributed by atoms with Crippen LogP contribution in [0.25, 0.3) is 5.65 Å². The van der Waals surface area contributed by atoms with Crippen molar-refractivity contribution in [2.45, 2.75) is 26.4 Å². The van der Waals surface area contributed by atoms with Crippen molar-refractivity contribution in [2.24, 2.45) is 4.99 Å². The Morgan fingerprint density at radius 3 is 2.74 bits per heavy atom. The van der Waals surface area contributed by atoms with E-state index in [4.69, 9.17) is 0 Å². The second-order valence-corrected chi connectivity index (χ2v) is 6.45. The number of aliphatic imine (C=N–C) groups is 1. The average Bonchev–Trinajstić information content (AvgIpc) is 3.21. The molecule has 3 aromatic heterocycles. The highest BCUT2D eigenvalue weighted by Gasteiger charge is 2.04. The molecule has 2 N–H and O–H groups in total. The predicted octanol–water partition coefficient (Wildman–Crippen LogP) is 2.82. The second kappa shape index (κ2) is 7.28. The van der Waals surface area contributed by atoms with Gasteiger partial charge in [-0.05, 0) is 30.7 Å². The number of fused-ring (bicyclic) bond motifs is 1. The molecule has 0 bridgehead atoms. The topological polar surface area (TPSA) is 53.7 Å². The summed E-state index contributed by atoms with van der Waals surface area (Å²) in [5, 5.41) is 6.65. The van der Waals surface area contributed by atoms with Gasteiger partial charge in [0.2, 0.25) is 0 Å². The van der Waals surface area contributed by atoms with Crippen LogP contribution >= 0.6 is 11.3 Å². The van der Waals surface area contributed by atoms with Gasteiger partial charge >= 0.3 is 0 Å². The summed E-state index contributed by atoms with van der Waals surface area (Å²) in [7, 11) is 1.78. The molecule has 0 radical (unpaired) electrons. The Kier molecular flexibility index (Phi) is 4.92. The van der Waals surface area contributed by atoms with Gasteiger partial charge in [0.15, 0.2) is 5.96 Å². The Morgan fingerprint density at radius 2 is 2.00 bits per heavy atom. The van der Waals surface area contributed by atoms with E-state index >= 15 is 0 Å². The molecule has 0 fully saturated rings. The standard InChI is InChI=1S/C17H21N5S/c1-3-14-7-8-15(23-14)11-20-17(18-2)19-10-13-12-22-9-5-4-6-16(22)21-13/h4-9,12H,3,10-11H2,1-2H3,(H2,18,19,20). The third-order valence-electron chi connectivity index (χ3n) is 3.57. The maximum atomic E-state index is 4.57. The average molecular weight is 327 g/mol. The molecule has 0 saturated carbocycles. The van der Waals surface area contributed by atoms with Crippen LogP contribution in [0.15, 0.2) is 47.7 Å². The normalized spacial score (nSPS) is 11.8. The molecule has 3 heterocycles. The minimum atomic E-state index is 0.645. The van der Waals surface area contributed by atoms with E-state index in [1.807, 2.05) is 46.3 Å². The number of nitrogens with one attached hydrogen (secondary N) is 2. The number of guanidine groups is 1. The Hall–Kier alpha value is -2.34. The monoisotopic (exact) mass is 327 g/mol. The lowest BCUT2D eigenvalue weighted by molar-refractivity contribution is 0.804. The molecule has 0 saturated heterocycles. The highest BCUT2D eigenvalue weighted by Crippen LogP contribution is 2.16.